The predicted octanol–water partition coefficient (Wildman–Crippen LogP) is 12.3. The topological polar surface area (TPSA) is 0 Å². The molecule has 0 nitrogen and oxygen atoms in total. The second kappa shape index (κ2) is 23.4. The molecule has 0 aromatic heterocycles. The van der Waals surface area contributed by atoms with Crippen LogP contribution in [0, 0.1) is 0 Å². The van der Waals surface area contributed by atoms with Crippen LogP contribution in [0.1, 0.15) is 193 Å². The molecule has 0 spiro atoms. The van der Waals surface area contributed by atoms with E-state index in [0.717, 1.165) is 87.1 Å². The van der Waals surface area contributed by atoms with Gasteiger partial charge < -0.3 is 0 Å². The summed E-state index contributed by atoms with van der Waals surface area (Å²) in [5.74, 6) is 0. The van der Waals surface area contributed by atoms with Gasteiger partial charge in [-0.05, 0) is 0 Å². The van der Waals surface area contributed by atoms with Crippen molar-refractivity contribution in [3.05, 3.63) is 0 Å². The predicted molar refractivity (Wildman–Crippen MR) is 228 cm³/mol. The maximum absolute atomic E-state index is 1.71. The summed E-state index contributed by atoms with van der Waals surface area (Å²) in [6, 6.07) is 0. The van der Waals surface area contributed by atoms with Crippen LogP contribution in [0.5, 0.6) is 0 Å². The Hall–Kier alpha value is 4.41. The van der Waals surface area contributed by atoms with Gasteiger partial charge in [0, 0.05) is 0 Å². The number of hydrogen-bond acceptors (Lipinski definition) is 0. The molecular formula is C37H73P3Se6. The van der Waals surface area contributed by atoms with Crippen LogP contribution < -0.4 is 0 Å². The molecule has 0 N–H and O–H groups in total. The van der Waals surface area contributed by atoms with Crippen LogP contribution in [0.25, 0.3) is 0 Å². The van der Waals surface area contributed by atoms with Gasteiger partial charge in [-0.15, -0.1) is 0 Å². The van der Waals surface area contributed by atoms with E-state index in [1.165, 1.54) is 28.9 Å². The van der Waals surface area contributed by atoms with Crippen LogP contribution in [0.2, 0.25) is 28.9 Å². The van der Waals surface area contributed by atoms with Crippen molar-refractivity contribution < 1.29 is 0 Å². The fourth-order valence-electron chi connectivity index (χ4n) is 9.37. The third-order valence-corrected chi connectivity index (χ3v) is 112. The molecule has 6 rings (SSSR count). The first kappa shape index (κ1) is 40.1. The molecule has 0 saturated heterocycles. The Morgan fingerprint density at radius 1 is 0.239 bits per heavy atom. The van der Waals surface area contributed by atoms with E-state index < -0.39 is 15.9 Å². The summed E-state index contributed by atoms with van der Waals surface area (Å²) < 4.78 is 0. The van der Waals surface area contributed by atoms with Gasteiger partial charge >= 0.3 is 330 Å². The van der Waals surface area contributed by atoms with Gasteiger partial charge in [-0.2, -0.15) is 0 Å². The molecule has 6 aliphatic carbocycles. The summed E-state index contributed by atoms with van der Waals surface area (Å²) in [5.41, 5.74) is 0. The van der Waals surface area contributed by atoms with Crippen molar-refractivity contribution in [1.82, 2.24) is 0 Å². The minimum absolute atomic E-state index is 0.587. The molecule has 6 fully saturated rings. The first-order valence-corrected chi connectivity index (χ1v) is 49.3. The summed E-state index contributed by atoms with van der Waals surface area (Å²) in [6.45, 7) is 0. The molecular weight excluding hydrogens is 1010 g/mol. The zero-order chi connectivity index (χ0) is 31.2. The van der Waals surface area contributed by atoms with E-state index >= 15 is 0 Å². The van der Waals surface area contributed by atoms with Crippen molar-refractivity contribution in [3.63, 3.8) is 0 Å². The van der Waals surface area contributed by atoms with E-state index in [2.05, 4.69) is 0 Å². The molecule has 0 unspecified atom stereocenters. The second-order valence-corrected chi connectivity index (χ2v) is 76.0. The van der Waals surface area contributed by atoms with Crippen LogP contribution in [-0.2, 0) is 0 Å². The molecule has 0 aromatic carbocycles. The van der Waals surface area contributed by atoms with Crippen LogP contribution >= 0.6 is 15.9 Å². The van der Waals surface area contributed by atoms with Gasteiger partial charge in [0.15, 0.2) is 0 Å². The molecule has 0 heterocycles. The molecule has 0 aromatic rings. The average Bonchev–Trinajstić information content (AvgIpc) is 3.11. The maximum atomic E-state index is 1.71. The summed E-state index contributed by atoms with van der Waals surface area (Å²) >= 11 is 6.97. The first-order chi connectivity index (χ1) is 22.8. The van der Waals surface area contributed by atoms with Crippen molar-refractivity contribution in [1.29, 1.82) is 0 Å². The zero-order valence-corrected chi connectivity index (χ0v) is 43.2. The van der Waals surface area contributed by atoms with Gasteiger partial charge in [-0.1, -0.05) is 0 Å². The van der Waals surface area contributed by atoms with E-state index in [1.807, 2.05) is 0 Å². The molecule has 6 saturated carbocycles. The van der Waals surface area contributed by atoms with Gasteiger partial charge in [-0.3, -0.25) is 0 Å². The fourth-order valence-corrected chi connectivity index (χ4v) is 199. The quantitative estimate of drug-likeness (QED) is 0.113. The van der Waals surface area contributed by atoms with Crippen molar-refractivity contribution >= 4 is 103 Å². The van der Waals surface area contributed by atoms with Gasteiger partial charge in [0.1, 0.15) is 0 Å². The number of hydrogen-bond donors (Lipinski definition) is 0. The normalized spacial score (nSPS) is 27.8. The van der Waals surface area contributed by atoms with Crippen molar-refractivity contribution in [3.8, 4) is 0 Å². The Kier molecular flexibility index (Phi) is 20.3. The van der Waals surface area contributed by atoms with Crippen LogP contribution in [0.4, 0.5) is 0 Å². The Balaban J connectivity index is 1.34. The molecule has 0 radical (unpaired) electrons. The Bertz CT molecular complexity index is 638. The Morgan fingerprint density at radius 3 is 0.543 bits per heavy atom. The molecule has 0 aliphatic heterocycles. The minimum atomic E-state index is -0.587. The van der Waals surface area contributed by atoms with Gasteiger partial charge in [0.05, 0.1) is 0 Å². The molecule has 0 amide bonds. The average molecular weight is 1080 g/mol. The molecule has 9 heteroatoms. The summed E-state index contributed by atoms with van der Waals surface area (Å²) in [5, 5.41) is -0.113. The zero-order valence-electron chi connectivity index (χ0n) is 29.4. The van der Waals surface area contributed by atoms with Crippen LogP contribution in [0.15, 0.2) is 0 Å². The van der Waals surface area contributed by atoms with Crippen LogP contribution in [0.3, 0.4) is 0 Å². The van der Waals surface area contributed by atoms with E-state index in [9.17, 15) is 0 Å². The van der Waals surface area contributed by atoms with Crippen molar-refractivity contribution in [2.24, 2.45) is 0 Å². The molecule has 6 aliphatic rings. The molecule has 0 atom stereocenters. The van der Waals surface area contributed by atoms with Gasteiger partial charge in [0.2, 0.25) is 0 Å². The standard InChI is InChI=1S/C37H73P3Se6/c1-7-19-31(20-8-1)41-38(42-32-21-9-2-10-22-32)37(39(43-33-23-11-3-12-24-33)44-34-25-13-4-14-26-34)40(45-35-27-15-5-16-28-35)46-36-29-17-6-18-30-36/h31-37H,1-30,38-40H2. The Labute approximate surface area is 326 Å². The van der Waals surface area contributed by atoms with Crippen LogP contribution in [-0.4, -0.2) is 92.2 Å². The molecule has 46 heavy (non-hydrogen) atoms. The van der Waals surface area contributed by atoms with E-state index in [-0.39, 0.29) is 0 Å². The van der Waals surface area contributed by atoms with E-state index in [4.69, 9.17) is 0 Å². The third-order valence-electron chi connectivity index (χ3n) is 12.2. The molecule has 272 valence electrons. The first-order valence-electron chi connectivity index (χ1n) is 20.7. The second-order valence-electron chi connectivity index (χ2n) is 16.1. The third kappa shape index (κ3) is 13.9. The van der Waals surface area contributed by atoms with Crippen molar-refractivity contribution in [2.75, 3.05) is 0 Å². The fraction of sp³-hybridized carbons (Fsp3) is 1.00. The SMILES string of the molecule is C1CCC([Se][PH2]([Se]C2CCCCC2)C([PH2]([Se]C2CCCCC2)[Se]C2CCCCC2)[PH2]([Se]C2CCCCC2)[Se]C2CCCCC2)CC1. The number of rotatable bonds is 15. The monoisotopic (exact) mass is 1090 g/mol. The van der Waals surface area contributed by atoms with E-state index in [0.29, 0.717) is 0 Å². The van der Waals surface area contributed by atoms with E-state index in [1.54, 1.807) is 198 Å². The van der Waals surface area contributed by atoms with Gasteiger partial charge in [-0.25, -0.2) is 0 Å². The molecule has 0 bridgehead atoms. The van der Waals surface area contributed by atoms with Crippen molar-refractivity contribution in [2.45, 2.75) is 227 Å². The summed E-state index contributed by atoms with van der Waals surface area (Å²) in [4.78, 5) is 7.69. The van der Waals surface area contributed by atoms with Gasteiger partial charge in [0.25, 0.3) is 0 Å². The summed E-state index contributed by atoms with van der Waals surface area (Å²) in [7, 11) is 0. The summed E-state index contributed by atoms with van der Waals surface area (Å²) in [6.07, 6.45) is 49.6. The Morgan fingerprint density at radius 2 is 0.391 bits per heavy atom.